The fraction of sp³-hybridized carbons (Fsp3) is 0.333. The first-order valence-corrected chi connectivity index (χ1v) is 9.63. The number of ether oxygens (including phenoxy) is 1. The minimum Gasteiger partial charge on any atom is -0.484 e. The third-order valence-corrected chi connectivity index (χ3v) is 4.91. The average molecular weight is 423 g/mol. The second-order valence-electron chi connectivity index (χ2n) is 6.66. The smallest absolute Gasteiger partial charge is 0.261 e. The van der Waals surface area contributed by atoms with Crippen LogP contribution < -0.4 is 10.1 Å². The van der Waals surface area contributed by atoms with Gasteiger partial charge in [0.15, 0.2) is 6.61 Å². The molecule has 0 saturated heterocycles. The van der Waals surface area contributed by atoms with Crippen LogP contribution in [0.5, 0.6) is 5.75 Å². The molecule has 0 fully saturated rings. The number of rotatable bonds is 7. The van der Waals surface area contributed by atoms with Crippen molar-refractivity contribution >= 4 is 35.0 Å². The molecule has 2 aromatic rings. The lowest BCUT2D eigenvalue weighted by Crippen LogP contribution is -2.48. The summed E-state index contributed by atoms with van der Waals surface area (Å²) < 4.78 is 5.68. The molecule has 0 bridgehead atoms. The van der Waals surface area contributed by atoms with E-state index in [-0.39, 0.29) is 25.0 Å². The number of likely N-dealkylation sites (N-methyl/N-ethyl adjacent to an activating group) is 1. The zero-order valence-corrected chi connectivity index (χ0v) is 17.9. The van der Waals surface area contributed by atoms with Crippen molar-refractivity contribution in [3.63, 3.8) is 0 Å². The molecule has 0 aliphatic rings. The highest BCUT2D eigenvalue weighted by Crippen LogP contribution is 2.23. The molecule has 0 unspecified atom stereocenters. The van der Waals surface area contributed by atoms with E-state index in [1.165, 1.54) is 11.9 Å². The molecule has 0 aliphatic carbocycles. The Balaban J connectivity index is 2.19. The van der Waals surface area contributed by atoms with Gasteiger partial charge in [0.25, 0.3) is 5.91 Å². The van der Waals surface area contributed by atoms with Crippen LogP contribution in [0.4, 0.5) is 0 Å². The summed E-state index contributed by atoms with van der Waals surface area (Å²) in [5, 5.41) is 3.51. The minimum atomic E-state index is -0.688. The lowest BCUT2D eigenvalue weighted by Gasteiger charge is -2.28. The lowest BCUT2D eigenvalue weighted by molar-refractivity contribution is -0.142. The monoisotopic (exact) mass is 422 g/mol. The summed E-state index contributed by atoms with van der Waals surface area (Å²) in [4.78, 5) is 26.5. The van der Waals surface area contributed by atoms with Crippen molar-refractivity contribution in [2.75, 3.05) is 13.7 Å². The molecule has 0 spiro atoms. The Morgan fingerprint density at radius 3 is 2.32 bits per heavy atom. The SMILES string of the molecule is CNC(=O)[C@H](C)N(Cc1ccc(Cl)cc1Cl)C(=O)COc1cc(C)cc(C)c1. The Morgan fingerprint density at radius 1 is 1.11 bits per heavy atom. The summed E-state index contributed by atoms with van der Waals surface area (Å²) in [6.45, 7) is 5.57. The highest BCUT2D eigenvalue weighted by molar-refractivity contribution is 6.35. The van der Waals surface area contributed by atoms with Crippen LogP contribution in [0.25, 0.3) is 0 Å². The zero-order valence-electron chi connectivity index (χ0n) is 16.4. The number of aryl methyl sites for hydroxylation is 2. The van der Waals surface area contributed by atoms with Crippen molar-refractivity contribution in [2.24, 2.45) is 0 Å². The van der Waals surface area contributed by atoms with Gasteiger partial charge in [-0.25, -0.2) is 0 Å². The van der Waals surface area contributed by atoms with E-state index >= 15 is 0 Å². The van der Waals surface area contributed by atoms with Crippen molar-refractivity contribution in [3.8, 4) is 5.75 Å². The van der Waals surface area contributed by atoms with Gasteiger partial charge >= 0.3 is 0 Å². The molecule has 0 heterocycles. The minimum absolute atomic E-state index is 0.166. The molecular weight excluding hydrogens is 399 g/mol. The van der Waals surface area contributed by atoms with Gasteiger partial charge in [-0.1, -0.05) is 35.3 Å². The molecule has 0 aromatic heterocycles. The van der Waals surface area contributed by atoms with Crippen LogP contribution in [0.15, 0.2) is 36.4 Å². The second-order valence-corrected chi connectivity index (χ2v) is 7.50. The first-order valence-electron chi connectivity index (χ1n) is 8.87. The van der Waals surface area contributed by atoms with E-state index in [1.54, 1.807) is 25.1 Å². The lowest BCUT2D eigenvalue weighted by atomic mass is 10.1. The number of halogens is 2. The Morgan fingerprint density at radius 2 is 1.75 bits per heavy atom. The number of carbonyl (C=O) groups excluding carboxylic acids is 2. The topological polar surface area (TPSA) is 58.6 Å². The third-order valence-electron chi connectivity index (χ3n) is 4.33. The molecule has 2 aromatic carbocycles. The molecule has 1 atom stereocenters. The van der Waals surface area contributed by atoms with E-state index in [2.05, 4.69) is 5.32 Å². The van der Waals surface area contributed by atoms with Gasteiger partial charge < -0.3 is 15.0 Å². The summed E-state index contributed by atoms with van der Waals surface area (Å²) in [6.07, 6.45) is 0. The predicted octanol–water partition coefficient (Wildman–Crippen LogP) is 4.15. The molecule has 7 heteroatoms. The van der Waals surface area contributed by atoms with Gasteiger partial charge in [-0.05, 0) is 61.7 Å². The Hall–Kier alpha value is -2.24. The summed E-state index contributed by atoms with van der Waals surface area (Å²) >= 11 is 12.2. The van der Waals surface area contributed by atoms with E-state index in [9.17, 15) is 9.59 Å². The Bertz CT molecular complexity index is 850. The van der Waals surface area contributed by atoms with Gasteiger partial charge in [-0.3, -0.25) is 9.59 Å². The molecule has 0 radical (unpaired) electrons. The molecule has 0 aliphatic heterocycles. The zero-order chi connectivity index (χ0) is 20.8. The van der Waals surface area contributed by atoms with Gasteiger partial charge in [0.1, 0.15) is 11.8 Å². The quantitative estimate of drug-likeness (QED) is 0.728. The van der Waals surface area contributed by atoms with E-state index in [0.29, 0.717) is 21.4 Å². The number of hydrogen-bond acceptors (Lipinski definition) is 3. The standard InChI is InChI=1S/C21H24Cl2N2O3/c1-13-7-14(2)9-18(8-13)28-12-20(26)25(15(3)21(27)24-4)11-16-5-6-17(22)10-19(16)23/h5-10,15H,11-12H2,1-4H3,(H,24,27)/t15-/m0/s1. The van der Waals surface area contributed by atoms with E-state index in [1.807, 2.05) is 32.0 Å². The average Bonchev–Trinajstić information content (AvgIpc) is 2.63. The molecule has 150 valence electrons. The van der Waals surface area contributed by atoms with Crippen LogP contribution in [0.2, 0.25) is 10.0 Å². The van der Waals surface area contributed by atoms with Crippen molar-refractivity contribution in [1.82, 2.24) is 10.2 Å². The normalized spacial score (nSPS) is 11.6. The molecule has 1 N–H and O–H groups in total. The van der Waals surface area contributed by atoms with Gasteiger partial charge in [-0.15, -0.1) is 0 Å². The van der Waals surface area contributed by atoms with Gasteiger partial charge in [-0.2, -0.15) is 0 Å². The first-order chi connectivity index (χ1) is 13.2. The summed E-state index contributed by atoms with van der Waals surface area (Å²) in [5.41, 5.74) is 2.79. The van der Waals surface area contributed by atoms with Crippen LogP contribution in [-0.2, 0) is 16.1 Å². The molecule has 2 rings (SSSR count). The number of hydrogen-bond donors (Lipinski definition) is 1. The van der Waals surface area contributed by atoms with E-state index in [0.717, 1.165) is 11.1 Å². The fourth-order valence-electron chi connectivity index (χ4n) is 2.87. The van der Waals surface area contributed by atoms with Gasteiger partial charge in [0, 0.05) is 23.6 Å². The maximum Gasteiger partial charge on any atom is 0.261 e. The maximum absolute atomic E-state index is 12.9. The van der Waals surface area contributed by atoms with Crippen LogP contribution in [-0.4, -0.2) is 36.4 Å². The van der Waals surface area contributed by atoms with E-state index < -0.39 is 6.04 Å². The first kappa shape index (κ1) is 22.1. The number of carbonyl (C=O) groups is 2. The van der Waals surface area contributed by atoms with Crippen molar-refractivity contribution in [3.05, 3.63) is 63.1 Å². The van der Waals surface area contributed by atoms with Crippen molar-refractivity contribution in [1.29, 1.82) is 0 Å². The van der Waals surface area contributed by atoms with Gasteiger partial charge in [0.2, 0.25) is 5.91 Å². The number of benzene rings is 2. The van der Waals surface area contributed by atoms with Crippen LogP contribution in [0, 0.1) is 13.8 Å². The highest BCUT2D eigenvalue weighted by atomic mass is 35.5. The maximum atomic E-state index is 12.9. The molecule has 2 amide bonds. The fourth-order valence-corrected chi connectivity index (χ4v) is 3.34. The molecule has 0 saturated carbocycles. The van der Waals surface area contributed by atoms with Crippen LogP contribution >= 0.6 is 23.2 Å². The largest absolute Gasteiger partial charge is 0.484 e. The predicted molar refractivity (Wildman–Crippen MR) is 112 cm³/mol. The van der Waals surface area contributed by atoms with Crippen molar-refractivity contribution in [2.45, 2.75) is 33.4 Å². The van der Waals surface area contributed by atoms with Crippen LogP contribution in [0.3, 0.4) is 0 Å². The molecular formula is C21H24Cl2N2O3. The Kier molecular flexibility index (Phi) is 7.72. The summed E-state index contributed by atoms with van der Waals surface area (Å²) in [7, 11) is 1.53. The van der Waals surface area contributed by atoms with Crippen LogP contribution in [0.1, 0.15) is 23.6 Å². The number of nitrogens with one attached hydrogen (secondary N) is 1. The van der Waals surface area contributed by atoms with Crippen molar-refractivity contribution < 1.29 is 14.3 Å². The highest BCUT2D eigenvalue weighted by Gasteiger charge is 2.26. The number of amides is 2. The second kappa shape index (κ2) is 9.80. The Labute approximate surface area is 175 Å². The summed E-state index contributed by atoms with van der Waals surface area (Å²) in [6, 6.07) is 10.1. The molecule has 28 heavy (non-hydrogen) atoms. The van der Waals surface area contributed by atoms with Gasteiger partial charge in [0.05, 0.1) is 0 Å². The third kappa shape index (κ3) is 5.88. The number of nitrogens with zero attached hydrogens (tertiary/aromatic N) is 1. The summed E-state index contributed by atoms with van der Waals surface area (Å²) in [5.74, 6) is 0.0223. The van der Waals surface area contributed by atoms with E-state index in [4.69, 9.17) is 27.9 Å². The molecule has 5 nitrogen and oxygen atoms in total.